The minimum Gasteiger partial charge on any atom is -0.388 e. The minimum absolute atomic E-state index is 0.0133. The van der Waals surface area contributed by atoms with Crippen LogP contribution in [0.4, 0.5) is 0 Å². The fraction of sp³-hybridized carbons (Fsp3) is 0.250. The van der Waals surface area contributed by atoms with Gasteiger partial charge in [-0.25, -0.2) is 0 Å². The second kappa shape index (κ2) is 2.13. The standard InChI is InChI=1S/C8H7NO2/c10-7-3-8(11)6-4-9-2-1-5(6)7/h1-2,4,7,10H,3H2. The predicted octanol–water partition coefficient (Wildman–Crippen LogP) is 0.701. The van der Waals surface area contributed by atoms with E-state index in [0.29, 0.717) is 11.1 Å². The Labute approximate surface area is 63.7 Å². The number of pyridine rings is 1. The highest BCUT2D eigenvalue weighted by Gasteiger charge is 2.26. The number of aromatic nitrogens is 1. The van der Waals surface area contributed by atoms with Gasteiger partial charge in [-0.05, 0) is 11.6 Å². The number of ketones is 1. The molecule has 1 N–H and O–H groups in total. The van der Waals surface area contributed by atoms with Crippen molar-refractivity contribution < 1.29 is 9.90 Å². The summed E-state index contributed by atoms with van der Waals surface area (Å²) in [4.78, 5) is 14.9. The highest BCUT2D eigenvalue weighted by Crippen LogP contribution is 2.29. The molecule has 3 heteroatoms. The van der Waals surface area contributed by atoms with Crippen LogP contribution in [0.5, 0.6) is 0 Å². The van der Waals surface area contributed by atoms with Gasteiger partial charge in [-0.15, -0.1) is 0 Å². The summed E-state index contributed by atoms with van der Waals surface area (Å²) in [5.74, 6) is -0.0133. The van der Waals surface area contributed by atoms with Crippen molar-refractivity contribution in [2.24, 2.45) is 0 Å². The van der Waals surface area contributed by atoms with E-state index in [4.69, 9.17) is 0 Å². The molecule has 1 aromatic heterocycles. The summed E-state index contributed by atoms with van der Waals surface area (Å²) in [7, 11) is 0. The average Bonchev–Trinajstić information content (AvgIpc) is 2.30. The molecule has 0 amide bonds. The molecule has 0 radical (unpaired) electrons. The Balaban J connectivity index is 2.60. The van der Waals surface area contributed by atoms with E-state index in [1.54, 1.807) is 12.3 Å². The summed E-state index contributed by atoms with van der Waals surface area (Å²) in [6.45, 7) is 0. The van der Waals surface area contributed by atoms with Gasteiger partial charge in [-0.3, -0.25) is 9.78 Å². The second-order valence-electron chi connectivity index (χ2n) is 2.61. The van der Waals surface area contributed by atoms with Crippen LogP contribution in [0.1, 0.15) is 28.4 Å². The van der Waals surface area contributed by atoms with Gasteiger partial charge in [-0.2, -0.15) is 0 Å². The molecule has 0 fully saturated rings. The quantitative estimate of drug-likeness (QED) is 0.590. The first-order valence-electron chi connectivity index (χ1n) is 3.44. The molecule has 0 aliphatic heterocycles. The van der Waals surface area contributed by atoms with Crippen LogP contribution in [0.15, 0.2) is 18.5 Å². The maximum atomic E-state index is 11.1. The van der Waals surface area contributed by atoms with Gasteiger partial charge in [-0.1, -0.05) is 0 Å². The molecule has 56 valence electrons. The van der Waals surface area contributed by atoms with E-state index in [9.17, 15) is 9.90 Å². The van der Waals surface area contributed by atoms with Crippen LogP contribution in [0.3, 0.4) is 0 Å². The fourth-order valence-corrected chi connectivity index (χ4v) is 1.32. The lowest BCUT2D eigenvalue weighted by atomic mass is 10.2. The smallest absolute Gasteiger partial charge is 0.167 e. The first-order chi connectivity index (χ1) is 5.29. The number of rotatable bonds is 0. The van der Waals surface area contributed by atoms with Gasteiger partial charge < -0.3 is 5.11 Å². The summed E-state index contributed by atoms with van der Waals surface area (Å²) in [5, 5.41) is 9.30. The van der Waals surface area contributed by atoms with Gasteiger partial charge in [0, 0.05) is 24.4 Å². The Morgan fingerprint density at radius 1 is 1.64 bits per heavy atom. The number of fused-ring (bicyclic) bond motifs is 1. The van der Waals surface area contributed by atoms with Crippen LogP contribution in [-0.4, -0.2) is 15.9 Å². The molecule has 2 rings (SSSR count). The first kappa shape index (κ1) is 6.49. The maximum Gasteiger partial charge on any atom is 0.167 e. The summed E-state index contributed by atoms with van der Waals surface area (Å²) < 4.78 is 0. The summed E-state index contributed by atoms with van der Waals surface area (Å²) in [6.07, 6.45) is 2.69. The Kier molecular flexibility index (Phi) is 1.26. The number of hydrogen-bond donors (Lipinski definition) is 1. The predicted molar refractivity (Wildman–Crippen MR) is 38.1 cm³/mol. The Bertz CT molecular complexity index is 309. The third kappa shape index (κ3) is 0.851. The fourth-order valence-electron chi connectivity index (χ4n) is 1.32. The van der Waals surface area contributed by atoms with Gasteiger partial charge >= 0.3 is 0 Å². The van der Waals surface area contributed by atoms with Crippen LogP contribution in [0.2, 0.25) is 0 Å². The molecular formula is C8H7NO2. The molecule has 1 atom stereocenters. The van der Waals surface area contributed by atoms with Crippen molar-refractivity contribution in [3.63, 3.8) is 0 Å². The van der Waals surface area contributed by atoms with E-state index in [1.165, 1.54) is 6.20 Å². The van der Waals surface area contributed by atoms with E-state index < -0.39 is 6.10 Å². The highest BCUT2D eigenvalue weighted by molar-refractivity contribution is 6.00. The SMILES string of the molecule is O=C1CC(O)c2ccncc21. The number of carbonyl (C=O) groups is 1. The van der Waals surface area contributed by atoms with Crippen LogP contribution in [0, 0.1) is 0 Å². The third-order valence-corrected chi connectivity index (χ3v) is 1.89. The Morgan fingerprint density at radius 2 is 2.45 bits per heavy atom. The molecule has 1 aromatic rings. The van der Waals surface area contributed by atoms with Gasteiger partial charge in [0.25, 0.3) is 0 Å². The van der Waals surface area contributed by atoms with Gasteiger partial charge in [0.15, 0.2) is 5.78 Å². The van der Waals surface area contributed by atoms with Gasteiger partial charge in [0.2, 0.25) is 0 Å². The molecule has 3 nitrogen and oxygen atoms in total. The van der Waals surface area contributed by atoms with Crippen molar-refractivity contribution in [2.75, 3.05) is 0 Å². The lowest BCUT2D eigenvalue weighted by Gasteiger charge is -1.98. The molecule has 11 heavy (non-hydrogen) atoms. The molecule has 1 aliphatic rings. The van der Waals surface area contributed by atoms with Crippen molar-refractivity contribution in [3.8, 4) is 0 Å². The van der Waals surface area contributed by atoms with Gasteiger partial charge in [0.1, 0.15) is 0 Å². The lowest BCUT2D eigenvalue weighted by molar-refractivity contribution is 0.0930. The van der Waals surface area contributed by atoms with E-state index in [0.717, 1.165) is 0 Å². The molecule has 1 unspecified atom stereocenters. The van der Waals surface area contributed by atoms with Crippen molar-refractivity contribution in [1.29, 1.82) is 0 Å². The molecule has 1 heterocycles. The Morgan fingerprint density at radius 3 is 3.18 bits per heavy atom. The second-order valence-corrected chi connectivity index (χ2v) is 2.61. The molecule has 0 saturated carbocycles. The summed E-state index contributed by atoms with van der Waals surface area (Å²) in [5.41, 5.74) is 1.28. The lowest BCUT2D eigenvalue weighted by Crippen LogP contribution is -1.90. The van der Waals surface area contributed by atoms with Crippen molar-refractivity contribution in [3.05, 3.63) is 29.6 Å². The average molecular weight is 149 g/mol. The maximum absolute atomic E-state index is 11.1. The number of hydrogen-bond acceptors (Lipinski definition) is 3. The first-order valence-corrected chi connectivity index (χ1v) is 3.44. The normalized spacial score (nSPS) is 21.9. The monoisotopic (exact) mass is 149 g/mol. The van der Waals surface area contributed by atoms with E-state index in [2.05, 4.69) is 4.98 Å². The van der Waals surface area contributed by atoms with E-state index in [-0.39, 0.29) is 12.2 Å². The van der Waals surface area contributed by atoms with Crippen LogP contribution >= 0.6 is 0 Å². The van der Waals surface area contributed by atoms with Crippen molar-refractivity contribution in [2.45, 2.75) is 12.5 Å². The zero-order chi connectivity index (χ0) is 7.84. The third-order valence-electron chi connectivity index (χ3n) is 1.89. The van der Waals surface area contributed by atoms with E-state index in [1.807, 2.05) is 0 Å². The molecule has 0 saturated heterocycles. The summed E-state index contributed by atoms with van der Waals surface area (Å²) in [6, 6.07) is 1.69. The zero-order valence-electron chi connectivity index (χ0n) is 5.82. The largest absolute Gasteiger partial charge is 0.388 e. The van der Waals surface area contributed by atoms with Gasteiger partial charge in [0.05, 0.1) is 6.10 Å². The molecular weight excluding hydrogens is 142 g/mol. The van der Waals surface area contributed by atoms with E-state index >= 15 is 0 Å². The molecule has 0 aromatic carbocycles. The van der Waals surface area contributed by atoms with Crippen LogP contribution in [-0.2, 0) is 0 Å². The minimum atomic E-state index is -0.611. The number of nitrogens with zero attached hydrogens (tertiary/aromatic N) is 1. The Hall–Kier alpha value is -1.22. The highest BCUT2D eigenvalue weighted by atomic mass is 16.3. The molecule has 0 spiro atoms. The molecule has 0 bridgehead atoms. The van der Waals surface area contributed by atoms with Crippen molar-refractivity contribution in [1.82, 2.24) is 4.98 Å². The number of Topliss-reactive ketones (excluding diaryl/α,β-unsaturated/α-hetero) is 1. The molecule has 1 aliphatic carbocycles. The number of aliphatic hydroxyl groups is 1. The topological polar surface area (TPSA) is 50.2 Å². The van der Waals surface area contributed by atoms with Crippen LogP contribution in [0.25, 0.3) is 0 Å². The number of aliphatic hydroxyl groups excluding tert-OH is 1. The van der Waals surface area contributed by atoms with Crippen molar-refractivity contribution >= 4 is 5.78 Å². The van der Waals surface area contributed by atoms with Crippen LogP contribution < -0.4 is 0 Å². The zero-order valence-corrected chi connectivity index (χ0v) is 5.82. The summed E-state index contributed by atoms with van der Waals surface area (Å²) >= 11 is 0. The number of carbonyl (C=O) groups excluding carboxylic acids is 1.